The van der Waals surface area contributed by atoms with Crippen LogP contribution in [0.2, 0.25) is 0 Å². The third-order valence-electron chi connectivity index (χ3n) is 1.37. The highest BCUT2D eigenvalue weighted by atomic mass is 32.2. The van der Waals surface area contributed by atoms with E-state index in [0.29, 0.717) is 0 Å². The van der Waals surface area contributed by atoms with Gasteiger partial charge < -0.3 is 4.74 Å². The zero-order chi connectivity index (χ0) is 9.84. The zero-order valence-corrected chi connectivity index (χ0v) is 8.83. The molecule has 1 radical (unpaired) electrons. The Balaban J connectivity index is 2.41. The first-order chi connectivity index (χ1) is 6.09. The third-order valence-corrected chi connectivity index (χ3v) is 3.41. The van der Waals surface area contributed by atoms with Crippen molar-refractivity contribution in [3.05, 3.63) is 10.6 Å². The first kappa shape index (κ1) is 10.3. The molecule has 6 heteroatoms. The maximum absolute atomic E-state index is 9.90. The lowest BCUT2D eigenvalue weighted by atomic mass is 10.4. The van der Waals surface area contributed by atoms with Crippen molar-refractivity contribution in [3.8, 4) is 0 Å². The Morgan fingerprint density at radius 1 is 1.62 bits per heavy atom. The molecular formula is C7H8NO3S2. The zero-order valence-electron chi connectivity index (χ0n) is 7.20. The Labute approximate surface area is 83.9 Å². The molecular weight excluding hydrogens is 210 g/mol. The van der Waals surface area contributed by atoms with Gasteiger partial charge in [-0.15, -0.1) is 11.3 Å². The quantitative estimate of drug-likeness (QED) is 0.444. The summed E-state index contributed by atoms with van der Waals surface area (Å²) in [6, 6.07) is 0. The molecule has 4 nitrogen and oxygen atoms in total. The molecule has 0 saturated carbocycles. The van der Waals surface area contributed by atoms with E-state index in [1.54, 1.807) is 0 Å². The minimum absolute atomic E-state index is 0.0364. The van der Waals surface area contributed by atoms with Crippen LogP contribution in [-0.4, -0.2) is 17.1 Å². The summed E-state index contributed by atoms with van der Waals surface area (Å²) in [5.74, 6) is 0.0364. The summed E-state index contributed by atoms with van der Waals surface area (Å²) in [5, 5.41) is 9.90. The van der Waals surface area contributed by atoms with Gasteiger partial charge in [0, 0.05) is 4.88 Å². The van der Waals surface area contributed by atoms with E-state index in [9.17, 15) is 9.90 Å². The predicted molar refractivity (Wildman–Crippen MR) is 49.5 cm³/mol. The summed E-state index contributed by atoms with van der Waals surface area (Å²) < 4.78 is 5.05. The van der Waals surface area contributed by atoms with Gasteiger partial charge in [-0.05, 0) is 13.8 Å². The summed E-state index contributed by atoms with van der Waals surface area (Å²) in [5.41, 5.74) is 0.973. The highest BCUT2D eigenvalue weighted by Crippen LogP contribution is 2.26. The van der Waals surface area contributed by atoms with Gasteiger partial charge in [-0.25, -0.2) is 4.98 Å². The topological polar surface area (TPSA) is 59.1 Å². The average molecular weight is 218 g/mol. The van der Waals surface area contributed by atoms with Gasteiger partial charge in [-0.3, -0.25) is 0 Å². The molecule has 0 unspecified atom stereocenters. The number of thiazole rings is 1. The van der Waals surface area contributed by atoms with E-state index in [-0.39, 0.29) is 5.94 Å². The van der Waals surface area contributed by atoms with E-state index in [2.05, 4.69) is 9.72 Å². The number of aromatic nitrogens is 1. The lowest BCUT2D eigenvalue weighted by Gasteiger charge is -1.93. The Bertz CT molecular complexity index is 291. The summed E-state index contributed by atoms with van der Waals surface area (Å²) in [6.07, 6.45) is -1.50. The third kappa shape index (κ3) is 3.23. The largest absolute Gasteiger partial charge is 0.550 e. The first-order valence-electron chi connectivity index (χ1n) is 3.50. The molecule has 1 rings (SSSR count). The molecule has 71 valence electrons. The molecule has 1 aromatic rings. The van der Waals surface area contributed by atoms with E-state index < -0.39 is 6.16 Å². The normalized spacial score (nSPS) is 10.0. The molecule has 0 atom stereocenters. The summed E-state index contributed by atoms with van der Waals surface area (Å²) in [6.45, 7) is 3.88. The molecule has 0 bridgehead atoms. The van der Waals surface area contributed by atoms with Crippen LogP contribution in [0.15, 0.2) is 4.34 Å². The molecule has 13 heavy (non-hydrogen) atoms. The number of ether oxygens (including phenoxy) is 1. The Hall–Kier alpha value is -0.750. The summed E-state index contributed by atoms with van der Waals surface area (Å²) in [7, 11) is 0. The van der Waals surface area contributed by atoms with Crippen LogP contribution in [0.4, 0.5) is 4.79 Å². The monoisotopic (exact) mass is 218 g/mol. The van der Waals surface area contributed by atoms with Crippen molar-refractivity contribution in [3.63, 3.8) is 0 Å². The van der Waals surface area contributed by atoms with Crippen molar-refractivity contribution in [1.82, 2.24) is 4.98 Å². The molecule has 0 aliphatic heterocycles. The number of aryl methyl sites for hydroxylation is 2. The maximum Gasteiger partial charge on any atom is 0.550 e. The molecule has 0 aliphatic carbocycles. The van der Waals surface area contributed by atoms with Crippen LogP contribution >= 0.6 is 23.1 Å². The van der Waals surface area contributed by atoms with Crippen molar-refractivity contribution in [2.75, 3.05) is 5.94 Å². The van der Waals surface area contributed by atoms with Crippen LogP contribution in [0, 0.1) is 13.8 Å². The van der Waals surface area contributed by atoms with Crippen LogP contribution < -0.4 is 0 Å². The van der Waals surface area contributed by atoms with Crippen molar-refractivity contribution in [1.29, 1.82) is 0 Å². The van der Waals surface area contributed by atoms with Crippen LogP contribution in [0.1, 0.15) is 10.6 Å². The standard InChI is InChI=1S/C7H8NO3S2/c1-4-5(2)13-6(8-4)12-3-11-7(9)10/h3H2,1-2H3. The highest BCUT2D eigenvalue weighted by molar-refractivity contribution is 8.00. The lowest BCUT2D eigenvalue weighted by Crippen LogP contribution is -1.96. The van der Waals surface area contributed by atoms with E-state index in [1.807, 2.05) is 13.8 Å². The van der Waals surface area contributed by atoms with E-state index >= 15 is 0 Å². The van der Waals surface area contributed by atoms with Crippen LogP contribution in [0.5, 0.6) is 0 Å². The van der Waals surface area contributed by atoms with Crippen LogP contribution in [-0.2, 0) is 9.84 Å². The number of hydrogen-bond donors (Lipinski definition) is 0. The molecule has 0 amide bonds. The number of rotatable bonds is 3. The van der Waals surface area contributed by atoms with E-state index in [0.717, 1.165) is 14.9 Å². The van der Waals surface area contributed by atoms with Gasteiger partial charge in [0.2, 0.25) is 0 Å². The number of thioether (sulfide) groups is 1. The van der Waals surface area contributed by atoms with Crippen LogP contribution in [0.3, 0.4) is 0 Å². The van der Waals surface area contributed by atoms with Crippen molar-refractivity contribution >= 4 is 29.3 Å². The van der Waals surface area contributed by atoms with Crippen LogP contribution in [0.25, 0.3) is 0 Å². The van der Waals surface area contributed by atoms with E-state index in [4.69, 9.17) is 0 Å². The fourth-order valence-electron chi connectivity index (χ4n) is 0.633. The van der Waals surface area contributed by atoms with Gasteiger partial charge in [-0.1, -0.05) is 11.8 Å². The lowest BCUT2D eigenvalue weighted by molar-refractivity contribution is 0.0831. The summed E-state index contributed by atoms with van der Waals surface area (Å²) >= 11 is 2.77. The van der Waals surface area contributed by atoms with Crippen molar-refractivity contribution < 1.29 is 14.6 Å². The predicted octanol–water partition coefficient (Wildman–Crippen LogP) is 2.38. The van der Waals surface area contributed by atoms with Gasteiger partial charge in [-0.2, -0.15) is 9.90 Å². The Morgan fingerprint density at radius 3 is 2.77 bits per heavy atom. The molecule has 0 fully saturated rings. The second-order valence-electron chi connectivity index (χ2n) is 2.28. The van der Waals surface area contributed by atoms with Gasteiger partial charge in [0.05, 0.1) is 5.69 Å². The molecule has 1 aromatic heterocycles. The van der Waals surface area contributed by atoms with Gasteiger partial charge in [0.15, 0.2) is 4.34 Å². The first-order valence-corrected chi connectivity index (χ1v) is 5.30. The number of carbonyl (C=O) groups is 1. The van der Waals surface area contributed by atoms with E-state index in [1.165, 1.54) is 23.1 Å². The second-order valence-corrected chi connectivity index (χ2v) is 4.65. The Kier molecular flexibility index (Phi) is 3.56. The SMILES string of the molecule is Cc1nc(SCOC([O])=O)sc1C. The second kappa shape index (κ2) is 4.48. The van der Waals surface area contributed by atoms with Gasteiger partial charge >= 0.3 is 6.16 Å². The Morgan fingerprint density at radius 2 is 2.31 bits per heavy atom. The van der Waals surface area contributed by atoms with Crippen molar-refractivity contribution in [2.24, 2.45) is 0 Å². The van der Waals surface area contributed by atoms with Crippen molar-refractivity contribution in [2.45, 2.75) is 18.2 Å². The maximum atomic E-state index is 9.90. The molecule has 0 aliphatic rings. The van der Waals surface area contributed by atoms with Gasteiger partial charge in [0.1, 0.15) is 5.94 Å². The molecule has 1 heterocycles. The molecule has 0 aromatic carbocycles. The van der Waals surface area contributed by atoms with Gasteiger partial charge in [0.25, 0.3) is 0 Å². The minimum Gasteiger partial charge on any atom is -0.420 e. The fraction of sp³-hybridized carbons (Fsp3) is 0.429. The highest BCUT2D eigenvalue weighted by Gasteiger charge is 2.05. The number of carbonyl (C=O) groups excluding carboxylic acids is 1. The fourth-order valence-corrected chi connectivity index (χ4v) is 2.48. The molecule has 0 N–H and O–H groups in total. The minimum atomic E-state index is -1.50. The molecule has 0 spiro atoms. The number of nitrogens with zero attached hydrogens (tertiary/aromatic N) is 1. The summed E-state index contributed by atoms with van der Waals surface area (Å²) in [4.78, 5) is 15.2. The molecule has 0 saturated heterocycles. The smallest absolute Gasteiger partial charge is 0.420 e. The number of hydrogen-bond acceptors (Lipinski definition) is 5. The average Bonchev–Trinajstić information content (AvgIpc) is 2.30.